The standard InChI is InChI=1S/C16H15N3O2/c1-2-21-14-8-4-3-7-13(14)18-16(20)12-6-5-10-19-11-9-17-15(12)19/h3-11H,2H2,1H3,(H,18,20). The number of hydrogen-bond acceptors (Lipinski definition) is 3. The Bertz CT molecular complexity index is 780. The molecule has 0 bridgehead atoms. The Labute approximate surface area is 122 Å². The molecule has 2 heterocycles. The lowest BCUT2D eigenvalue weighted by Gasteiger charge is -2.11. The minimum atomic E-state index is -0.209. The molecule has 1 amide bonds. The minimum Gasteiger partial charge on any atom is -0.492 e. The Balaban J connectivity index is 1.92. The van der Waals surface area contributed by atoms with Crippen molar-refractivity contribution in [3.63, 3.8) is 0 Å². The number of rotatable bonds is 4. The number of pyridine rings is 1. The van der Waals surface area contributed by atoms with E-state index in [4.69, 9.17) is 4.74 Å². The number of carbonyl (C=O) groups is 1. The van der Waals surface area contributed by atoms with E-state index in [1.807, 2.05) is 47.9 Å². The Morgan fingerprint density at radius 2 is 2.10 bits per heavy atom. The van der Waals surface area contributed by atoms with Crippen molar-refractivity contribution < 1.29 is 9.53 Å². The summed E-state index contributed by atoms with van der Waals surface area (Å²) in [6.07, 6.45) is 5.33. The molecule has 0 unspecified atom stereocenters. The SMILES string of the molecule is CCOc1ccccc1NC(=O)c1cccn2ccnc12. The molecule has 0 radical (unpaired) electrons. The van der Waals surface area contributed by atoms with Crippen molar-refractivity contribution in [3.05, 3.63) is 60.6 Å². The molecule has 5 heteroatoms. The quantitative estimate of drug-likeness (QED) is 0.800. The van der Waals surface area contributed by atoms with Gasteiger partial charge in [0.2, 0.25) is 0 Å². The molecule has 0 aliphatic rings. The number of benzene rings is 1. The van der Waals surface area contributed by atoms with Crippen LogP contribution in [0.5, 0.6) is 5.75 Å². The highest BCUT2D eigenvalue weighted by Crippen LogP contribution is 2.24. The number of anilines is 1. The summed E-state index contributed by atoms with van der Waals surface area (Å²) in [6, 6.07) is 10.9. The number of amides is 1. The molecule has 3 rings (SSSR count). The average Bonchev–Trinajstić information content (AvgIpc) is 2.97. The van der Waals surface area contributed by atoms with E-state index >= 15 is 0 Å². The number of aromatic nitrogens is 2. The fourth-order valence-electron chi connectivity index (χ4n) is 2.17. The molecule has 0 saturated carbocycles. The predicted molar refractivity (Wildman–Crippen MR) is 80.8 cm³/mol. The van der Waals surface area contributed by atoms with Crippen molar-refractivity contribution in [2.75, 3.05) is 11.9 Å². The number of nitrogens with one attached hydrogen (secondary N) is 1. The van der Waals surface area contributed by atoms with Gasteiger partial charge in [-0.15, -0.1) is 0 Å². The Kier molecular flexibility index (Phi) is 3.55. The van der Waals surface area contributed by atoms with Gasteiger partial charge in [0.05, 0.1) is 17.9 Å². The van der Waals surface area contributed by atoms with E-state index in [0.29, 0.717) is 29.3 Å². The lowest BCUT2D eigenvalue weighted by atomic mass is 10.2. The molecule has 5 nitrogen and oxygen atoms in total. The average molecular weight is 281 g/mol. The van der Waals surface area contributed by atoms with Gasteiger partial charge in [-0.25, -0.2) is 4.98 Å². The zero-order valence-electron chi connectivity index (χ0n) is 11.6. The maximum Gasteiger partial charge on any atom is 0.259 e. The van der Waals surface area contributed by atoms with Crippen LogP contribution in [0.2, 0.25) is 0 Å². The lowest BCUT2D eigenvalue weighted by molar-refractivity contribution is 0.102. The van der Waals surface area contributed by atoms with E-state index < -0.39 is 0 Å². The summed E-state index contributed by atoms with van der Waals surface area (Å²) in [5.74, 6) is 0.447. The number of para-hydroxylation sites is 2. The van der Waals surface area contributed by atoms with Crippen molar-refractivity contribution in [2.24, 2.45) is 0 Å². The van der Waals surface area contributed by atoms with Gasteiger partial charge < -0.3 is 14.5 Å². The van der Waals surface area contributed by atoms with Crippen molar-refractivity contribution in [1.29, 1.82) is 0 Å². The van der Waals surface area contributed by atoms with Crippen molar-refractivity contribution in [3.8, 4) is 5.75 Å². The first-order valence-electron chi connectivity index (χ1n) is 6.74. The van der Waals surface area contributed by atoms with E-state index in [-0.39, 0.29) is 5.91 Å². The highest BCUT2D eigenvalue weighted by Gasteiger charge is 2.13. The summed E-state index contributed by atoms with van der Waals surface area (Å²) in [7, 11) is 0. The zero-order chi connectivity index (χ0) is 14.7. The van der Waals surface area contributed by atoms with E-state index in [2.05, 4.69) is 10.3 Å². The molecule has 0 spiro atoms. The second-order valence-corrected chi connectivity index (χ2v) is 4.46. The summed E-state index contributed by atoms with van der Waals surface area (Å²) >= 11 is 0. The third-order valence-corrected chi connectivity index (χ3v) is 3.10. The summed E-state index contributed by atoms with van der Waals surface area (Å²) in [6.45, 7) is 2.45. The van der Waals surface area contributed by atoms with E-state index in [9.17, 15) is 4.79 Å². The maximum atomic E-state index is 12.5. The highest BCUT2D eigenvalue weighted by atomic mass is 16.5. The van der Waals surface area contributed by atoms with Crippen LogP contribution in [0.15, 0.2) is 55.0 Å². The fourth-order valence-corrected chi connectivity index (χ4v) is 2.17. The highest BCUT2D eigenvalue weighted by molar-refractivity contribution is 6.08. The molecule has 0 atom stereocenters. The van der Waals surface area contributed by atoms with Crippen LogP contribution in [0, 0.1) is 0 Å². The molecule has 1 N–H and O–H groups in total. The molecule has 106 valence electrons. The van der Waals surface area contributed by atoms with Crippen molar-refractivity contribution in [2.45, 2.75) is 6.92 Å². The second kappa shape index (κ2) is 5.66. The van der Waals surface area contributed by atoms with E-state index in [0.717, 1.165) is 0 Å². The Morgan fingerprint density at radius 3 is 2.95 bits per heavy atom. The first-order valence-corrected chi connectivity index (χ1v) is 6.74. The molecular weight excluding hydrogens is 266 g/mol. The van der Waals surface area contributed by atoms with Gasteiger partial charge in [-0.3, -0.25) is 4.79 Å². The van der Waals surface area contributed by atoms with Crippen molar-refractivity contribution in [1.82, 2.24) is 9.38 Å². The summed E-state index contributed by atoms with van der Waals surface area (Å²) < 4.78 is 7.32. The second-order valence-electron chi connectivity index (χ2n) is 4.46. The van der Waals surface area contributed by atoms with Gasteiger partial charge in [0, 0.05) is 18.6 Å². The summed E-state index contributed by atoms with van der Waals surface area (Å²) in [5, 5.41) is 2.88. The molecule has 0 saturated heterocycles. The van der Waals surface area contributed by atoms with Crippen LogP contribution in [0.3, 0.4) is 0 Å². The number of carbonyl (C=O) groups excluding carboxylic acids is 1. The lowest BCUT2D eigenvalue weighted by Crippen LogP contribution is -2.14. The van der Waals surface area contributed by atoms with Crippen LogP contribution in [0.25, 0.3) is 5.65 Å². The molecule has 0 aliphatic carbocycles. The molecule has 1 aromatic carbocycles. The van der Waals surface area contributed by atoms with Crippen molar-refractivity contribution >= 4 is 17.2 Å². The van der Waals surface area contributed by atoms with Gasteiger partial charge in [-0.2, -0.15) is 0 Å². The van der Waals surface area contributed by atoms with Crippen LogP contribution in [-0.2, 0) is 0 Å². The van der Waals surface area contributed by atoms with Crippen LogP contribution >= 0.6 is 0 Å². The van der Waals surface area contributed by atoms with Crippen LogP contribution in [-0.4, -0.2) is 21.9 Å². The maximum absolute atomic E-state index is 12.5. The summed E-state index contributed by atoms with van der Waals surface area (Å²) in [4.78, 5) is 16.7. The third-order valence-electron chi connectivity index (χ3n) is 3.10. The van der Waals surface area contributed by atoms with E-state index in [1.54, 1.807) is 18.5 Å². The topological polar surface area (TPSA) is 55.6 Å². The molecule has 2 aromatic heterocycles. The number of hydrogen-bond donors (Lipinski definition) is 1. The van der Waals surface area contributed by atoms with Gasteiger partial charge in [0.25, 0.3) is 5.91 Å². The molecular formula is C16H15N3O2. The predicted octanol–water partition coefficient (Wildman–Crippen LogP) is 2.99. The summed E-state index contributed by atoms with van der Waals surface area (Å²) in [5.41, 5.74) is 1.80. The third kappa shape index (κ3) is 2.58. The number of imidazole rings is 1. The van der Waals surface area contributed by atoms with Gasteiger partial charge in [0.1, 0.15) is 11.4 Å². The van der Waals surface area contributed by atoms with Crippen LogP contribution < -0.4 is 10.1 Å². The number of fused-ring (bicyclic) bond motifs is 1. The smallest absolute Gasteiger partial charge is 0.259 e. The van der Waals surface area contributed by atoms with Crippen LogP contribution in [0.4, 0.5) is 5.69 Å². The molecule has 0 aliphatic heterocycles. The fraction of sp³-hybridized carbons (Fsp3) is 0.125. The minimum absolute atomic E-state index is 0.209. The first kappa shape index (κ1) is 13.2. The largest absolute Gasteiger partial charge is 0.492 e. The van der Waals surface area contributed by atoms with Gasteiger partial charge in [-0.05, 0) is 31.2 Å². The monoisotopic (exact) mass is 281 g/mol. The van der Waals surface area contributed by atoms with Gasteiger partial charge in [0.15, 0.2) is 0 Å². The van der Waals surface area contributed by atoms with Gasteiger partial charge in [-0.1, -0.05) is 12.1 Å². The van der Waals surface area contributed by atoms with E-state index in [1.165, 1.54) is 0 Å². The zero-order valence-corrected chi connectivity index (χ0v) is 11.6. The Hall–Kier alpha value is -2.82. The number of nitrogens with zero attached hydrogens (tertiary/aromatic N) is 2. The molecule has 0 fully saturated rings. The molecule has 21 heavy (non-hydrogen) atoms. The number of ether oxygens (including phenoxy) is 1. The normalized spacial score (nSPS) is 10.5. The van der Waals surface area contributed by atoms with Crippen LogP contribution in [0.1, 0.15) is 17.3 Å². The molecule has 3 aromatic rings. The Morgan fingerprint density at radius 1 is 1.24 bits per heavy atom. The first-order chi connectivity index (χ1) is 10.3. The van der Waals surface area contributed by atoms with Gasteiger partial charge >= 0.3 is 0 Å².